The van der Waals surface area contributed by atoms with E-state index in [1.807, 2.05) is 6.92 Å². The summed E-state index contributed by atoms with van der Waals surface area (Å²) in [5.74, 6) is 0.326. The van der Waals surface area contributed by atoms with Crippen molar-refractivity contribution < 1.29 is 9.90 Å². The number of rotatable bonds is 8. The van der Waals surface area contributed by atoms with Gasteiger partial charge in [0.15, 0.2) is 5.96 Å². The smallest absolute Gasteiger partial charge is 0.252 e. The lowest BCUT2D eigenvalue weighted by atomic mass is 10.0. The summed E-state index contributed by atoms with van der Waals surface area (Å²) >= 11 is 6.02. The van der Waals surface area contributed by atoms with Gasteiger partial charge in [0.05, 0.1) is 23.3 Å². The van der Waals surface area contributed by atoms with E-state index in [1.165, 1.54) is 0 Å². The van der Waals surface area contributed by atoms with Gasteiger partial charge in [-0.3, -0.25) is 9.48 Å². The van der Waals surface area contributed by atoms with E-state index in [-0.39, 0.29) is 36.4 Å². The summed E-state index contributed by atoms with van der Waals surface area (Å²) in [5, 5.41) is 24.2. The topological polar surface area (TPSA) is 104 Å². The molecule has 0 aliphatic heterocycles. The highest BCUT2D eigenvalue weighted by atomic mass is 127. The number of hydrogen-bond donors (Lipinski definition) is 4. The molecule has 8 nitrogen and oxygen atoms in total. The van der Waals surface area contributed by atoms with Crippen LogP contribution in [0.25, 0.3) is 0 Å². The molecule has 0 saturated heterocycles. The molecule has 1 unspecified atom stereocenters. The molecule has 0 aliphatic rings. The summed E-state index contributed by atoms with van der Waals surface area (Å²) in [4.78, 5) is 16.6. The summed E-state index contributed by atoms with van der Waals surface area (Å²) in [5.41, 5.74) is 0.00776. The zero-order chi connectivity index (χ0) is 20.6. The summed E-state index contributed by atoms with van der Waals surface area (Å²) in [6.45, 7) is 5.36. The van der Waals surface area contributed by atoms with Crippen molar-refractivity contribution in [3.05, 3.63) is 52.8 Å². The van der Waals surface area contributed by atoms with Crippen LogP contribution in [0, 0.1) is 0 Å². The summed E-state index contributed by atoms with van der Waals surface area (Å²) in [6, 6.07) is 6.90. The molecule has 1 amide bonds. The SMILES string of the molecule is CCNC(=NCC(C)(O)c1cnn(C)c1)NCCNC(=O)c1ccccc1Cl.I. The molecule has 29 heavy (non-hydrogen) atoms. The molecule has 0 aliphatic carbocycles. The predicted octanol–water partition coefficient (Wildman–Crippen LogP) is 1.88. The summed E-state index contributed by atoms with van der Waals surface area (Å²) in [6.07, 6.45) is 3.39. The minimum atomic E-state index is -1.13. The van der Waals surface area contributed by atoms with Crippen molar-refractivity contribution in [2.24, 2.45) is 12.0 Å². The first-order chi connectivity index (χ1) is 13.3. The van der Waals surface area contributed by atoms with Crippen LogP contribution in [0.4, 0.5) is 0 Å². The molecular weight excluding hydrogens is 507 g/mol. The van der Waals surface area contributed by atoms with Gasteiger partial charge in [-0.25, -0.2) is 4.99 Å². The van der Waals surface area contributed by atoms with Crippen LogP contribution in [-0.4, -0.2) is 52.9 Å². The van der Waals surface area contributed by atoms with Crippen LogP contribution in [-0.2, 0) is 12.6 Å². The molecule has 1 atom stereocenters. The number of guanidine groups is 1. The highest BCUT2D eigenvalue weighted by molar-refractivity contribution is 14.0. The number of aryl methyl sites for hydroxylation is 1. The number of aliphatic imine (C=N–C) groups is 1. The maximum absolute atomic E-state index is 12.1. The van der Waals surface area contributed by atoms with Crippen LogP contribution >= 0.6 is 35.6 Å². The van der Waals surface area contributed by atoms with Gasteiger partial charge in [0.2, 0.25) is 0 Å². The van der Waals surface area contributed by atoms with Crippen molar-refractivity contribution in [2.45, 2.75) is 19.4 Å². The molecular formula is C19H28ClIN6O2. The number of benzene rings is 1. The second kappa shape index (κ2) is 12.0. The first-order valence-electron chi connectivity index (χ1n) is 9.10. The average molecular weight is 535 g/mol. The fourth-order valence-corrected chi connectivity index (χ4v) is 2.68. The number of aromatic nitrogens is 2. The van der Waals surface area contributed by atoms with Gasteiger partial charge in [-0.05, 0) is 26.0 Å². The number of nitrogens with zero attached hydrogens (tertiary/aromatic N) is 3. The lowest BCUT2D eigenvalue weighted by molar-refractivity contribution is 0.0672. The van der Waals surface area contributed by atoms with E-state index in [0.29, 0.717) is 41.7 Å². The van der Waals surface area contributed by atoms with Crippen LogP contribution < -0.4 is 16.0 Å². The van der Waals surface area contributed by atoms with Gasteiger partial charge < -0.3 is 21.1 Å². The molecule has 2 rings (SSSR count). The van der Waals surface area contributed by atoms with Crippen molar-refractivity contribution in [2.75, 3.05) is 26.2 Å². The Morgan fingerprint density at radius 3 is 2.59 bits per heavy atom. The second-order valence-corrected chi connectivity index (χ2v) is 6.94. The average Bonchev–Trinajstić information content (AvgIpc) is 3.10. The van der Waals surface area contributed by atoms with Gasteiger partial charge in [0, 0.05) is 38.4 Å². The van der Waals surface area contributed by atoms with Crippen LogP contribution in [0.3, 0.4) is 0 Å². The van der Waals surface area contributed by atoms with Gasteiger partial charge in [0.25, 0.3) is 5.91 Å². The molecule has 0 fully saturated rings. The van der Waals surface area contributed by atoms with E-state index in [4.69, 9.17) is 11.6 Å². The highest BCUT2D eigenvalue weighted by Crippen LogP contribution is 2.19. The van der Waals surface area contributed by atoms with Gasteiger partial charge in [-0.15, -0.1) is 24.0 Å². The predicted molar refractivity (Wildman–Crippen MR) is 126 cm³/mol. The number of nitrogens with one attached hydrogen (secondary N) is 3. The largest absolute Gasteiger partial charge is 0.383 e. The number of hydrogen-bond acceptors (Lipinski definition) is 4. The molecule has 0 radical (unpaired) electrons. The number of carbonyl (C=O) groups excluding carboxylic acids is 1. The van der Waals surface area contributed by atoms with Crippen LogP contribution in [0.15, 0.2) is 41.7 Å². The maximum Gasteiger partial charge on any atom is 0.252 e. The minimum Gasteiger partial charge on any atom is -0.383 e. The fraction of sp³-hybridized carbons (Fsp3) is 0.421. The van der Waals surface area contributed by atoms with E-state index in [9.17, 15) is 9.90 Å². The molecule has 10 heteroatoms. The Hall–Kier alpha value is -1.85. The van der Waals surface area contributed by atoms with Crippen molar-refractivity contribution >= 4 is 47.4 Å². The Kier molecular flexibility index (Phi) is 10.4. The zero-order valence-electron chi connectivity index (χ0n) is 16.8. The van der Waals surface area contributed by atoms with Crippen molar-refractivity contribution in [1.29, 1.82) is 0 Å². The standard InChI is InChI=1S/C19H27ClN6O2.HI/c1-4-21-18(24-13-19(2,28)14-11-25-26(3)12-14)23-10-9-22-17(27)15-7-5-6-8-16(15)20;/h5-8,11-12,28H,4,9-10,13H2,1-3H3,(H,22,27)(H2,21,23,24);1H. The minimum absolute atomic E-state index is 0. The Morgan fingerprint density at radius 2 is 1.97 bits per heavy atom. The number of halogens is 2. The van der Waals surface area contributed by atoms with Gasteiger partial charge in [-0.1, -0.05) is 23.7 Å². The third-order valence-corrected chi connectivity index (χ3v) is 4.37. The van der Waals surface area contributed by atoms with Crippen LogP contribution in [0.2, 0.25) is 5.02 Å². The van der Waals surface area contributed by atoms with E-state index < -0.39 is 5.60 Å². The monoisotopic (exact) mass is 534 g/mol. The Labute approximate surface area is 193 Å². The Morgan fingerprint density at radius 1 is 1.28 bits per heavy atom. The molecule has 0 bridgehead atoms. The van der Waals surface area contributed by atoms with Crippen LogP contribution in [0.1, 0.15) is 29.8 Å². The van der Waals surface area contributed by atoms with Crippen molar-refractivity contribution in [3.63, 3.8) is 0 Å². The number of amides is 1. The fourth-order valence-electron chi connectivity index (χ4n) is 2.46. The van der Waals surface area contributed by atoms with E-state index in [2.05, 4.69) is 26.0 Å². The van der Waals surface area contributed by atoms with Crippen LogP contribution in [0.5, 0.6) is 0 Å². The third-order valence-electron chi connectivity index (χ3n) is 4.04. The zero-order valence-corrected chi connectivity index (χ0v) is 19.9. The number of aliphatic hydroxyl groups is 1. The number of carbonyl (C=O) groups is 1. The molecule has 1 aromatic carbocycles. The Balaban J connectivity index is 0.00000420. The molecule has 2 aromatic rings. The highest BCUT2D eigenvalue weighted by Gasteiger charge is 2.24. The molecule has 0 spiro atoms. The lowest BCUT2D eigenvalue weighted by Crippen LogP contribution is -2.42. The van der Waals surface area contributed by atoms with E-state index in [1.54, 1.807) is 55.3 Å². The maximum atomic E-state index is 12.1. The lowest BCUT2D eigenvalue weighted by Gasteiger charge is -2.20. The summed E-state index contributed by atoms with van der Waals surface area (Å²) in [7, 11) is 1.80. The van der Waals surface area contributed by atoms with E-state index in [0.717, 1.165) is 0 Å². The summed E-state index contributed by atoms with van der Waals surface area (Å²) < 4.78 is 1.64. The van der Waals surface area contributed by atoms with Gasteiger partial charge in [0.1, 0.15) is 5.60 Å². The molecule has 4 N–H and O–H groups in total. The van der Waals surface area contributed by atoms with E-state index >= 15 is 0 Å². The quantitative estimate of drug-likeness (QED) is 0.179. The van der Waals surface area contributed by atoms with Gasteiger partial charge >= 0.3 is 0 Å². The third kappa shape index (κ3) is 7.82. The molecule has 1 aromatic heterocycles. The second-order valence-electron chi connectivity index (χ2n) is 6.53. The Bertz CT molecular complexity index is 825. The molecule has 0 saturated carbocycles. The molecule has 1 heterocycles. The first-order valence-corrected chi connectivity index (χ1v) is 9.47. The first kappa shape index (κ1) is 25.2. The molecule has 160 valence electrons. The normalized spacial score (nSPS) is 13.2. The van der Waals surface area contributed by atoms with Crippen molar-refractivity contribution in [3.8, 4) is 0 Å². The van der Waals surface area contributed by atoms with Gasteiger partial charge in [-0.2, -0.15) is 5.10 Å². The van der Waals surface area contributed by atoms with Crippen molar-refractivity contribution in [1.82, 2.24) is 25.7 Å².